The number of nitro benzene ring substituents is 1. The van der Waals surface area contributed by atoms with Gasteiger partial charge >= 0.3 is 0 Å². The largest absolute Gasteiger partial charge is 0.393 e. The molecule has 1 aliphatic rings. The highest BCUT2D eigenvalue weighted by molar-refractivity contribution is 6.00. The molecule has 3 rings (SSSR count). The van der Waals surface area contributed by atoms with Crippen molar-refractivity contribution in [2.45, 2.75) is 50.8 Å². The van der Waals surface area contributed by atoms with Crippen molar-refractivity contribution >= 4 is 17.3 Å². The van der Waals surface area contributed by atoms with Crippen molar-refractivity contribution in [1.29, 1.82) is 0 Å². The minimum atomic E-state index is -0.502. The Hall–Kier alpha value is -2.93. The molecular weight excluding hydrogens is 358 g/mol. The molecule has 1 atom stereocenters. The third-order valence-corrected chi connectivity index (χ3v) is 5.16. The van der Waals surface area contributed by atoms with Crippen molar-refractivity contribution in [3.63, 3.8) is 0 Å². The summed E-state index contributed by atoms with van der Waals surface area (Å²) in [5.41, 5.74) is 1.66. The van der Waals surface area contributed by atoms with E-state index in [0.29, 0.717) is 18.5 Å². The summed E-state index contributed by atoms with van der Waals surface area (Å²) in [4.78, 5) is 23.6. The second-order valence-corrected chi connectivity index (χ2v) is 7.24. The molecule has 1 amide bonds. The summed E-state index contributed by atoms with van der Waals surface area (Å²) in [5, 5.41) is 27.1. The summed E-state index contributed by atoms with van der Waals surface area (Å²) in [6.45, 7) is 1.88. The number of aliphatic hydroxyl groups is 1. The standard InChI is InChI=1S/C21H25N3O4/c1-14(15-5-3-2-4-6-15)22-21(26)19-13-17(24(27)28)9-12-20(19)23-16-7-10-18(25)11-8-16/h2-6,9,12-14,16,18,23,25H,7-8,10-11H2,1H3,(H,22,26)/t14-,16?,18?/m0/s1. The lowest BCUT2D eigenvalue weighted by Gasteiger charge is -2.28. The zero-order valence-corrected chi connectivity index (χ0v) is 15.8. The molecule has 1 aliphatic carbocycles. The summed E-state index contributed by atoms with van der Waals surface area (Å²) in [6, 6.07) is 13.7. The molecule has 0 aliphatic heterocycles. The van der Waals surface area contributed by atoms with Gasteiger partial charge in [0, 0.05) is 23.9 Å². The number of non-ortho nitro benzene ring substituents is 1. The second-order valence-electron chi connectivity index (χ2n) is 7.24. The van der Waals surface area contributed by atoms with Crippen LogP contribution in [0.25, 0.3) is 0 Å². The number of anilines is 1. The number of carbonyl (C=O) groups excluding carboxylic acids is 1. The topological polar surface area (TPSA) is 104 Å². The lowest BCUT2D eigenvalue weighted by atomic mass is 9.92. The molecular formula is C21H25N3O4. The van der Waals surface area contributed by atoms with Crippen molar-refractivity contribution in [3.05, 3.63) is 69.8 Å². The summed E-state index contributed by atoms with van der Waals surface area (Å²) < 4.78 is 0. The smallest absolute Gasteiger partial charge is 0.270 e. The van der Waals surface area contributed by atoms with E-state index in [4.69, 9.17) is 0 Å². The molecule has 2 aromatic rings. The molecule has 7 heteroatoms. The van der Waals surface area contributed by atoms with Gasteiger partial charge in [0.15, 0.2) is 0 Å². The number of aliphatic hydroxyl groups excluding tert-OH is 1. The highest BCUT2D eigenvalue weighted by Crippen LogP contribution is 2.27. The quantitative estimate of drug-likeness (QED) is 0.520. The van der Waals surface area contributed by atoms with E-state index in [0.717, 1.165) is 18.4 Å². The fourth-order valence-corrected chi connectivity index (χ4v) is 3.50. The second kappa shape index (κ2) is 8.84. The number of nitrogens with one attached hydrogen (secondary N) is 2. The first-order valence-corrected chi connectivity index (χ1v) is 9.53. The highest BCUT2D eigenvalue weighted by Gasteiger charge is 2.23. The maximum absolute atomic E-state index is 12.9. The molecule has 0 bridgehead atoms. The van der Waals surface area contributed by atoms with Crippen molar-refractivity contribution in [2.75, 3.05) is 5.32 Å². The minimum Gasteiger partial charge on any atom is -0.393 e. The van der Waals surface area contributed by atoms with E-state index in [2.05, 4.69) is 10.6 Å². The molecule has 0 unspecified atom stereocenters. The molecule has 1 fully saturated rings. The number of benzene rings is 2. The van der Waals surface area contributed by atoms with E-state index in [-0.39, 0.29) is 35.3 Å². The molecule has 3 N–H and O–H groups in total. The van der Waals surface area contributed by atoms with Gasteiger partial charge in [-0.2, -0.15) is 0 Å². The van der Waals surface area contributed by atoms with Gasteiger partial charge in [0.05, 0.1) is 22.6 Å². The minimum absolute atomic E-state index is 0.123. The number of hydrogen-bond donors (Lipinski definition) is 3. The van der Waals surface area contributed by atoms with Crippen LogP contribution >= 0.6 is 0 Å². The number of amides is 1. The van der Waals surface area contributed by atoms with Gasteiger partial charge < -0.3 is 15.7 Å². The van der Waals surface area contributed by atoms with Crippen LogP contribution in [0.1, 0.15) is 54.6 Å². The van der Waals surface area contributed by atoms with Crippen molar-refractivity contribution < 1.29 is 14.8 Å². The van der Waals surface area contributed by atoms with E-state index >= 15 is 0 Å². The SMILES string of the molecule is C[C@H](NC(=O)c1cc([N+](=O)[O-])ccc1NC1CCC(O)CC1)c1ccccc1. The van der Waals surface area contributed by atoms with Crippen LogP contribution in [0.15, 0.2) is 48.5 Å². The van der Waals surface area contributed by atoms with Crippen LogP contribution in [-0.4, -0.2) is 28.1 Å². The molecule has 0 spiro atoms. The molecule has 28 heavy (non-hydrogen) atoms. The summed E-state index contributed by atoms with van der Waals surface area (Å²) >= 11 is 0. The van der Waals surface area contributed by atoms with E-state index in [1.165, 1.54) is 12.1 Å². The summed E-state index contributed by atoms with van der Waals surface area (Å²) in [6.07, 6.45) is 2.72. The first kappa shape index (κ1) is 19.8. The average Bonchev–Trinajstić information content (AvgIpc) is 2.70. The van der Waals surface area contributed by atoms with Gasteiger partial charge in [0.1, 0.15) is 0 Å². The summed E-state index contributed by atoms with van der Waals surface area (Å²) in [5.74, 6) is -0.363. The number of carbonyl (C=O) groups is 1. The summed E-state index contributed by atoms with van der Waals surface area (Å²) in [7, 11) is 0. The first-order chi connectivity index (χ1) is 13.4. The fraction of sp³-hybridized carbons (Fsp3) is 0.381. The lowest BCUT2D eigenvalue weighted by Crippen LogP contribution is -2.31. The Morgan fingerprint density at radius 2 is 1.82 bits per heavy atom. The van der Waals surface area contributed by atoms with Crippen molar-refractivity contribution in [3.8, 4) is 0 Å². The number of nitro groups is 1. The molecule has 2 aromatic carbocycles. The third-order valence-electron chi connectivity index (χ3n) is 5.16. The number of nitrogens with zero attached hydrogens (tertiary/aromatic N) is 1. The Balaban J connectivity index is 1.81. The molecule has 7 nitrogen and oxygen atoms in total. The maximum atomic E-state index is 12.9. The van der Waals surface area contributed by atoms with Crippen LogP contribution in [-0.2, 0) is 0 Å². The Kier molecular flexibility index (Phi) is 6.26. The van der Waals surface area contributed by atoms with Crippen LogP contribution in [0, 0.1) is 10.1 Å². The van der Waals surface area contributed by atoms with Crippen molar-refractivity contribution in [2.24, 2.45) is 0 Å². The molecule has 0 aromatic heterocycles. The monoisotopic (exact) mass is 383 g/mol. The Morgan fingerprint density at radius 1 is 1.14 bits per heavy atom. The van der Waals surface area contributed by atoms with E-state index in [1.807, 2.05) is 37.3 Å². The molecule has 0 radical (unpaired) electrons. The van der Waals surface area contributed by atoms with Crippen molar-refractivity contribution in [1.82, 2.24) is 5.32 Å². The Bertz CT molecular complexity index is 833. The fourth-order valence-electron chi connectivity index (χ4n) is 3.50. The molecule has 148 valence electrons. The van der Waals surface area contributed by atoms with Gasteiger partial charge in [0.25, 0.3) is 11.6 Å². The predicted molar refractivity (Wildman–Crippen MR) is 107 cm³/mol. The first-order valence-electron chi connectivity index (χ1n) is 9.53. The van der Waals surface area contributed by atoms with Gasteiger partial charge in [0.2, 0.25) is 0 Å². The van der Waals surface area contributed by atoms with E-state index < -0.39 is 4.92 Å². The maximum Gasteiger partial charge on any atom is 0.270 e. The highest BCUT2D eigenvalue weighted by atomic mass is 16.6. The molecule has 0 heterocycles. The van der Waals surface area contributed by atoms with Gasteiger partial charge in [-0.05, 0) is 44.2 Å². The molecule has 1 saturated carbocycles. The molecule has 0 saturated heterocycles. The predicted octanol–water partition coefficient (Wildman–Crippen LogP) is 3.80. The van der Waals surface area contributed by atoms with Gasteiger partial charge in [-0.3, -0.25) is 14.9 Å². The zero-order chi connectivity index (χ0) is 20.1. The van der Waals surface area contributed by atoms with Gasteiger partial charge in [-0.25, -0.2) is 0 Å². The van der Waals surface area contributed by atoms with Crippen LogP contribution in [0.2, 0.25) is 0 Å². The van der Waals surface area contributed by atoms with Gasteiger partial charge in [-0.15, -0.1) is 0 Å². The normalized spacial score (nSPS) is 20.2. The Labute approximate surface area is 163 Å². The van der Waals surface area contributed by atoms with Crippen LogP contribution in [0.4, 0.5) is 11.4 Å². The lowest BCUT2D eigenvalue weighted by molar-refractivity contribution is -0.384. The average molecular weight is 383 g/mol. The van der Waals surface area contributed by atoms with Gasteiger partial charge in [-0.1, -0.05) is 30.3 Å². The van der Waals surface area contributed by atoms with E-state index in [1.54, 1.807) is 6.07 Å². The number of hydrogen-bond acceptors (Lipinski definition) is 5. The van der Waals surface area contributed by atoms with Crippen LogP contribution < -0.4 is 10.6 Å². The van der Waals surface area contributed by atoms with E-state index in [9.17, 15) is 20.0 Å². The number of rotatable bonds is 6. The zero-order valence-electron chi connectivity index (χ0n) is 15.8. The Morgan fingerprint density at radius 3 is 2.46 bits per heavy atom. The van der Waals surface area contributed by atoms with Crippen LogP contribution in [0.3, 0.4) is 0 Å². The van der Waals surface area contributed by atoms with Crippen LogP contribution in [0.5, 0.6) is 0 Å². The third kappa shape index (κ3) is 4.86.